The predicted molar refractivity (Wildman–Crippen MR) is 119 cm³/mol. The van der Waals surface area contributed by atoms with Crippen LogP contribution in [0.3, 0.4) is 0 Å². The van der Waals surface area contributed by atoms with Crippen LogP contribution in [-0.2, 0) is 11.3 Å². The van der Waals surface area contributed by atoms with Gasteiger partial charge in [0.2, 0.25) is 12.5 Å². The van der Waals surface area contributed by atoms with Crippen LogP contribution < -0.4 is 19.5 Å². The molecule has 3 aliphatic heterocycles. The molecule has 0 bridgehead atoms. The van der Waals surface area contributed by atoms with E-state index in [-0.39, 0.29) is 24.4 Å². The van der Waals surface area contributed by atoms with Gasteiger partial charge < -0.3 is 24.3 Å². The summed E-state index contributed by atoms with van der Waals surface area (Å²) in [5.41, 5.74) is 1.80. The van der Waals surface area contributed by atoms with Gasteiger partial charge in [0.25, 0.3) is 5.91 Å². The Balaban J connectivity index is 1.11. The number of hydrogen-bond donors (Lipinski definition) is 1. The smallest absolute Gasteiger partial charge is 0.251 e. The lowest BCUT2D eigenvalue weighted by Gasteiger charge is -2.39. The van der Waals surface area contributed by atoms with Crippen LogP contribution in [-0.4, -0.2) is 56.0 Å². The molecular formula is C25H30N2O5. The molecule has 3 aliphatic rings. The molecular weight excluding hydrogens is 408 g/mol. The van der Waals surface area contributed by atoms with Crippen molar-refractivity contribution < 1.29 is 23.7 Å². The highest BCUT2D eigenvalue weighted by atomic mass is 16.7. The Hall–Kier alpha value is -2.77. The van der Waals surface area contributed by atoms with Gasteiger partial charge in [0, 0.05) is 31.7 Å². The van der Waals surface area contributed by atoms with E-state index in [9.17, 15) is 4.79 Å². The Morgan fingerprint density at radius 3 is 2.75 bits per heavy atom. The molecule has 0 unspecified atom stereocenters. The molecule has 0 aliphatic carbocycles. The highest BCUT2D eigenvalue weighted by Crippen LogP contribution is 2.43. The monoisotopic (exact) mass is 438 g/mol. The largest absolute Gasteiger partial charge is 0.493 e. The fraction of sp³-hybridized carbons (Fsp3) is 0.480. The number of rotatable bonds is 6. The number of piperidine rings is 1. The lowest BCUT2D eigenvalue weighted by atomic mass is 9.88. The third kappa shape index (κ3) is 4.40. The van der Waals surface area contributed by atoms with Crippen molar-refractivity contribution in [3.05, 3.63) is 53.6 Å². The second-order valence-electron chi connectivity index (χ2n) is 8.85. The average molecular weight is 439 g/mol. The Labute approximate surface area is 188 Å². The van der Waals surface area contributed by atoms with E-state index in [1.807, 2.05) is 42.5 Å². The molecule has 1 spiro atoms. The molecule has 32 heavy (non-hydrogen) atoms. The number of amides is 1. The lowest BCUT2D eigenvalue weighted by Crippen LogP contribution is -2.44. The summed E-state index contributed by atoms with van der Waals surface area (Å²) in [6.45, 7) is 3.63. The maximum absolute atomic E-state index is 12.3. The zero-order valence-electron chi connectivity index (χ0n) is 18.5. The molecule has 1 amide bonds. The van der Waals surface area contributed by atoms with Gasteiger partial charge in [0.05, 0.1) is 18.8 Å². The quantitative estimate of drug-likeness (QED) is 0.746. The molecule has 7 heteroatoms. The van der Waals surface area contributed by atoms with Gasteiger partial charge in [-0.3, -0.25) is 9.69 Å². The van der Waals surface area contributed by atoms with E-state index in [1.54, 1.807) is 7.11 Å². The minimum atomic E-state index is -0.0504. The molecule has 170 valence electrons. The minimum Gasteiger partial charge on any atom is -0.493 e. The van der Waals surface area contributed by atoms with Gasteiger partial charge in [-0.15, -0.1) is 0 Å². The van der Waals surface area contributed by atoms with Crippen molar-refractivity contribution >= 4 is 5.91 Å². The van der Waals surface area contributed by atoms with Crippen molar-refractivity contribution in [2.45, 2.75) is 43.9 Å². The van der Waals surface area contributed by atoms with Crippen molar-refractivity contribution in [3.8, 4) is 17.2 Å². The van der Waals surface area contributed by atoms with Crippen LogP contribution in [0.15, 0.2) is 42.5 Å². The average Bonchev–Trinajstić information content (AvgIpc) is 3.46. The van der Waals surface area contributed by atoms with E-state index in [4.69, 9.17) is 18.9 Å². The van der Waals surface area contributed by atoms with E-state index in [0.29, 0.717) is 17.9 Å². The van der Waals surface area contributed by atoms with Gasteiger partial charge in [-0.1, -0.05) is 18.2 Å². The number of likely N-dealkylation sites (tertiary alicyclic amines) is 1. The van der Waals surface area contributed by atoms with Crippen LogP contribution in [0, 0.1) is 0 Å². The Morgan fingerprint density at radius 2 is 1.97 bits per heavy atom. The molecule has 0 aromatic heterocycles. The Kier molecular flexibility index (Phi) is 5.93. The lowest BCUT2D eigenvalue weighted by molar-refractivity contribution is -0.0764. The summed E-state index contributed by atoms with van der Waals surface area (Å²) in [6.07, 6.45) is 4.17. The number of methoxy groups -OCH3 is 1. The van der Waals surface area contributed by atoms with Crippen LogP contribution >= 0.6 is 0 Å². The molecule has 2 saturated heterocycles. The molecule has 7 nitrogen and oxygen atoms in total. The van der Waals surface area contributed by atoms with E-state index in [1.165, 1.54) is 0 Å². The molecule has 1 N–H and O–H groups in total. The first-order valence-corrected chi connectivity index (χ1v) is 11.3. The first-order chi connectivity index (χ1) is 15.6. The summed E-state index contributed by atoms with van der Waals surface area (Å²) in [5, 5.41) is 3.03. The molecule has 1 atom stereocenters. The first kappa shape index (κ1) is 21.1. The van der Waals surface area contributed by atoms with Crippen LogP contribution in [0.25, 0.3) is 0 Å². The zero-order chi connectivity index (χ0) is 22.0. The summed E-state index contributed by atoms with van der Waals surface area (Å²) in [5.74, 6) is 2.14. The predicted octanol–water partition coefficient (Wildman–Crippen LogP) is 3.37. The van der Waals surface area contributed by atoms with Crippen molar-refractivity contribution in [2.75, 3.05) is 33.5 Å². The molecule has 0 saturated carbocycles. The van der Waals surface area contributed by atoms with Crippen molar-refractivity contribution in [3.63, 3.8) is 0 Å². The molecule has 2 aromatic rings. The Bertz CT molecular complexity index is 956. The summed E-state index contributed by atoms with van der Waals surface area (Å²) >= 11 is 0. The van der Waals surface area contributed by atoms with Gasteiger partial charge in [-0.05, 0) is 55.5 Å². The second kappa shape index (κ2) is 9.00. The summed E-state index contributed by atoms with van der Waals surface area (Å²) < 4.78 is 23.0. The van der Waals surface area contributed by atoms with Gasteiger partial charge in [0.1, 0.15) is 0 Å². The normalized spacial score (nSPS) is 21.6. The number of ether oxygens (including phenoxy) is 4. The van der Waals surface area contributed by atoms with Crippen LogP contribution in [0.5, 0.6) is 17.2 Å². The van der Waals surface area contributed by atoms with Gasteiger partial charge in [-0.25, -0.2) is 0 Å². The van der Waals surface area contributed by atoms with Crippen molar-refractivity contribution in [2.24, 2.45) is 0 Å². The van der Waals surface area contributed by atoms with Gasteiger partial charge >= 0.3 is 0 Å². The fourth-order valence-electron chi connectivity index (χ4n) is 4.96. The molecule has 0 radical (unpaired) electrons. The number of carbonyl (C=O) groups excluding carboxylic acids is 1. The number of hydrogen-bond acceptors (Lipinski definition) is 6. The number of nitrogens with one attached hydrogen (secondary N) is 1. The molecule has 3 heterocycles. The second-order valence-corrected chi connectivity index (χ2v) is 8.85. The number of carbonyl (C=O) groups is 1. The fourth-order valence-corrected chi connectivity index (χ4v) is 4.96. The first-order valence-electron chi connectivity index (χ1n) is 11.3. The molecule has 5 rings (SSSR count). The summed E-state index contributed by atoms with van der Waals surface area (Å²) in [6, 6.07) is 13.4. The van der Waals surface area contributed by atoms with E-state index in [0.717, 1.165) is 62.4 Å². The molecule has 2 aromatic carbocycles. The molecule has 2 fully saturated rings. The topological polar surface area (TPSA) is 69.3 Å². The summed E-state index contributed by atoms with van der Waals surface area (Å²) in [4.78, 5) is 14.8. The third-order valence-corrected chi connectivity index (χ3v) is 6.76. The van der Waals surface area contributed by atoms with E-state index < -0.39 is 0 Å². The maximum atomic E-state index is 12.3. The minimum absolute atomic E-state index is 0.0378. The van der Waals surface area contributed by atoms with Crippen LogP contribution in [0.2, 0.25) is 0 Å². The highest BCUT2D eigenvalue weighted by molar-refractivity contribution is 5.94. The zero-order valence-corrected chi connectivity index (χ0v) is 18.5. The summed E-state index contributed by atoms with van der Waals surface area (Å²) in [7, 11) is 1.65. The Morgan fingerprint density at radius 1 is 1.16 bits per heavy atom. The van der Waals surface area contributed by atoms with Crippen LogP contribution in [0.1, 0.15) is 41.6 Å². The van der Waals surface area contributed by atoms with Crippen molar-refractivity contribution in [1.29, 1.82) is 0 Å². The number of benzene rings is 2. The highest BCUT2D eigenvalue weighted by Gasteiger charge is 2.42. The third-order valence-electron chi connectivity index (χ3n) is 6.76. The number of fused-ring (bicyclic) bond motifs is 1. The van der Waals surface area contributed by atoms with E-state index >= 15 is 0 Å². The van der Waals surface area contributed by atoms with Crippen molar-refractivity contribution in [1.82, 2.24) is 10.2 Å². The SMILES string of the molecule is COc1cc(CN2CCC3(CC[C@@H](CNC(=O)c4ccccc4)O3)CC2)cc2c1OCO2. The standard InChI is InChI=1S/C25H30N2O5/c1-29-21-13-18(14-22-23(21)31-17-30-22)16-27-11-9-25(10-12-27)8-7-20(32-25)15-26-24(28)19-5-3-2-4-6-19/h2-6,13-14,20H,7-12,15-17H2,1H3,(H,26,28)/t20-/m0/s1. The maximum Gasteiger partial charge on any atom is 0.251 e. The van der Waals surface area contributed by atoms with Gasteiger partial charge in [-0.2, -0.15) is 0 Å². The van der Waals surface area contributed by atoms with Crippen LogP contribution in [0.4, 0.5) is 0 Å². The number of nitrogens with zero attached hydrogens (tertiary/aromatic N) is 1. The van der Waals surface area contributed by atoms with Gasteiger partial charge in [0.15, 0.2) is 11.5 Å². The van der Waals surface area contributed by atoms with E-state index in [2.05, 4.69) is 10.2 Å².